The zero-order valence-corrected chi connectivity index (χ0v) is 21.1. The van der Waals surface area contributed by atoms with Crippen LogP contribution < -0.4 is 4.90 Å². The summed E-state index contributed by atoms with van der Waals surface area (Å²) in [6.07, 6.45) is -3.60. The van der Waals surface area contributed by atoms with Gasteiger partial charge in [0.1, 0.15) is 0 Å². The third-order valence-corrected chi connectivity index (χ3v) is 7.73. The minimum absolute atomic E-state index is 0.0294. The number of carboxylic acids is 1. The van der Waals surface area contributed by atoms with E-state index >= 15 is 0 Å². The number of amides is 1. The van der Waals surface area contributed by atoms with Crippen LogP contribution in [0.15, 0.2) is 30.3 Å². The quantitative estimate of drug-likeness (QED) is 0.486. The number of carbonyl (C=O) groups excluding carboxylic acids is 1. The Labute approximate surface area is 216 Å². The highest BCUT2D eigenvalue weighted by atomic mass is 35.5. The number of hydrogen-bond acceptors (Lipinski definition) is 4. The van der Waals surface area contributed by atoms with E-state index in [-0.39, 0.29) is 33.8 Å². The molecule has 4 rings (SSSR count). The lowest BCUT2D eigenvalue weighted by Crippen LogP contribution is -2.50. The summed E-state index contributed by atoms with van der Waals surface area (Å²) in [5.74, 6) is -2.62. The number of halogens is 5. The maximum Gasteiger partial charge on any atom is 0.416 e. The van der Waals surface area contributed by atoms with Gasteiger partial charge in [0, 0.05) is 33.8 Å². The fraction of sp³-hybridized carbons (Fsp3) is 0.440. The molecule has 0 spiro atoms. The van der Waals surface area contributed by atoms with E-state index in [0.29, 0.717) is 12.1 Å². The van der Waals surface area contributed by atoms with E-state index in [0.717, 1.165) is 36.9 Å². The van der Waals surface area contributed by atoms with Crippen molar-refractivity contribution >= 4 is 40.8 Å². The van der Waals surface area contributed by atoms with E-state index in [1.54, 1.807) is 0 Å². The number of aromatic carboxylic acids is 1. The molecular formula is C25H25Cl2F3N2O4. The Bertz CT molecular complexity index is 1210. The fourth-order valence-electron chi connectivity index (χ4n) is 5.34. The summed E-state index contributed by atoms with van der Waals surface area (Å²) in [6.45, 7) is 5.83. The molecule has 2 N–H and O–H groups in total. The number of anilines is 1. The van der Waals surface area contributed by atoms with Crippen molar-refractivity contribution in [3.8, 4) is 0 Å². The van der Waals surface area contributed by atoms with Gasteiger partial charge in [0.2, 0.25) is 0 Å². The van der Waals surface area contributed by atoms with Crippen LogP contribution in [-0.4, -0.2) is 52.7 Å². The number of nitrogens with zero attached hydrogens (tertiary/aromatic N) is 2. The normalized spacial score (nSPS) is 23.7. The van der Waals surface area contributed by atoms with Crippen LogP contribution in [0, 0.1) is 5.92 Å². The smallest absolute Gasteiger partial charge is 0.416 e. The standard InChI is InChI=1S/C25H25Cl2F3N2O4/c1-3-31(4-2)16-7-13(8-16)12-32-20-10-14(22(33)34)9-18(25(28,29)30)21(20)24(36,23(32)35)17-6-5-15(26)11-19(17)27/h5-6,9-11,13,16,36H,3-4,7-8,12H2,1-2H3,(H,33,34). The molecule has 1 aliphatic carbocycles. The highest BCUT2D eigenvalue weighted by Gasteiger charge is 2.57. The Hall–Kier alpha value is -2.33. The molecule has 1 atom stereocenters. The van der Waals surface area contributed by atoms with Crippen LogP contribution in [0.5, 0.6) is 0 Å². The number of benzene rings is 2. The summed E-state index contributed by atoms with van der Waals surface area (Å²) in [5, 5.41) is 21.2. The van der Waals surface area contributed by atoms with E-state index in [1.165, 1.54) is 18.2 Å². The molecule has 0 saturated heterocycles. The van der Waals surface area contributed by atoms with Crippen molar-refractivity contribution in [1.29, 1.82) is 0 Å². The molecule has 1 fully saturated rings. The second kappa shape index (κ2) is 9.52. The van der Waals surface area contributed by atoms with E-state index in [4.69, 9.17) is 23.2 Å². The van der Waals surface area contributed by atoms with Crippen LogP contribution in [0.3, 0.4) is 0 Å². The van der Waals surface area contributed by atoms with Crippen LogP contribution in [0.1, 0.15) is 53.7 Å². The predicted octanol–water partition coefficient (Wildman–Crippen LogP) is 5.41. The zero-order chi connectivity index (χ0) is 26.6. The summed E-state index contributed by atoms with van der Waals surface area (Å²) >= 11 is 12.2. The van der Waals surface area contributed by atoms with Crippen molar-refractivity contribution in [2.45, 2.75) is 44.5 Å². The number of aliphatic hydroxyl groups is 1. The zero-order valence-electron chi connectivity index (χ0n) is 19.6. The molecule has 11 heteroatoms. The highest BCUT2D eigenvalue weighted by molar-refractivity contribution is 6.35. The van der Waals surface area contributed by atoms with Crippen molar-refractivity contribution in [2.24, 2.45) is 5.92 Å². The molecule has 1 unspecified atom stereocenters. The van der Waals surface area contributed by atoms with Crippen LogP contribution in [0.25, 0.3) is 0 Å². The highest BCUT2D eigenvalue weighted by Crippen LogP contribution is 2.52. The Kier molecular flexibility index (Phi) is 7.07. The lowest BCUT2D eigenvalue weighted by atomic mass is 9.78. The van der Waals surface area contributed by atoms with Gasteiger partial charge in [-0.1, -0.05) is 43.1 Å². The molecule has 1 saturated carbocycles. The third kappa shape index (κ3) is 4.36. The van der Waals surface area contributed by atoms with E-state index in [1.807, 2.05) is 13.8 Å². The topological polar surface area (TPSA) is 81.1 Å². The summed E-state index contributed by atoms with van der Waals surface area (Å²) in [4.78, 5) is 28.8. The minimum atomic E-state index is -5.05. The third-order valence-electron chi connectivity index (χ3n) is 7.18. The Morgan fingerprint density at radius 3 is 2.33 bits per heavy atom. The first-order valence-corrected chi connectivity index (χ1v) is 12.3. The number of alkyl halides is 3. The number of carbonyl (C=O) groups is 2. The van der Waals surface area contributed by atoms with Crippen molar-refractivity contribution in [3.05, 3.63) is 62.6 Å². The van der Waals surface area contributed by atoms with Crippen molar-refractivity contribution in [3.63, 3.8) is 0 Å². The first-order valence-electron chi connectivity index (χ1n) is 11.6. The van der Waals surface area contributed by atoms with Crippen LogP contribution >= 0.6 is 23.2 Å². The van der Waals surface area contributed by atoms with Crippen molar-refractivity contribution in [1.82, 2.24) is 4.90 Å². The van der Waals surface area contributed by atoms with Gasteiger partial charge in [0.05, 0.1) is 16.8 Å². The number of fused-ring (bicyclic) bond motifs is 1. The average Bonchev–Trinajstić information content (AvgIpc) is 2.98. The van der Waals surface area contributed by atoms with Crippen LogP contribution in [0.4, 0.5) is 18.9 Å². The average molecular weight is 545 g/mol. The van der Waals surface area contributed by atoms with Gasteiger partial charge in [-0.2, -0.15) is 13.2 Å². The number of hydrogen-bond donors (Lipinski definition) is 2. The molecule has 1 aliphatic heterocycles. The second-order valence-corrected chi connectivity index (χ2v) is 10.0. The molecule has 194 valence electrons. The SMILES string of the molecule is CCN(CC)C1CC(CN2C(=O)C(O)(c3ccc(Cl)cc3Cl)c3c2cc(C(=O)O)cc3C(F)(F)F)C1. The molecule has 0 bridgehead atoms. The summed E-state index contributed by atoms with van der Waals surface area (Å²) in [6, 6.07) is 5.49. The Morgan fingerprint density at radius 2 is 1.81 bits per heavy atom. The Balaban J connectivity index is 1.86. The summed E-state index contributed by atoms with van der Waals surface area (Å²) < 4.78 is 42.7. The summed E-state index contributed by atoms with van der Waals surface area (Å²) in [7, 11) is 0. The molecular weight excluding hydrogens is 520 g/mol. The Morgan fingerprint density at radius 1 is 1.17 bits per heavy atom. The largest absolute Gasteiger partial charge is 0.478 e. The minimum Gasteiger partial charge on any atom is -0.478 e. The molecule has 1 amide bonds. The van der Waals surface area contributed by atoms with Gasteiger partial charge in [-0.3, -0.25) is 4.79 Å². The fourth-order valence-corrected chi connectivity index (χ4v) is 5.88. The second-order valence-electron chi connectivity index (χ2n) is 9.18. The molecule has 2 aliphatic rings. The molecule has 0 aromatic heterocycles. The van der Waals surface area contributed by atoms with Gasteiger partial charge in [0.25, 0.3) is 5.91 Å². The van der Waals surface area contributed by atoms with E-state index < -0.39 is 40.3 Å². The molecule has 0 radical (unpaired) electrons. The van der Waals surface area contributed by atoms with Gasteiger partial charge in [-0.15, -0.1) is 0 Å². The monoisotopic (exact) mass is 544 g/mol. The van der Waals surface area contributed by atoms with E-state index in [2.05, 4.69) is 4.90 Å². The molecule has 6 nitrogen and oxygen atoms in total. The predicted molar refractivity (Wildman–Crippen MR) is 130 cm³/mol. The maximum absolute atomic E-state index is 14.2. The van der Waals surface area contributed by atoms with Crippen LogP contribution in [-0.2, 0) is 16.6 Å². The molecule has 36 heavy (non-hydrogen) atoms. The van der Waals surface area contributed by atoms with Gasteiger partial charge in [-0.05, 0) is 56.1 Å². The molecule has 2 aromatic rings. The lowest BCUT2D eigenvalue weighted by Gasteiger charge is -2.43. The molecule has 2 aromatic carbocycles. The van der Waals surface area contributed by atoms with E-state index in [9.17, 15) is 33.0 Å². The number of rotatable bonds is 7. The first kappa shape index (κ1) is 26.7. The first-order chi connectivity index (χ1) is 16.8. The lowest BCUT2D eigenvalue weighted by molar-refractivity contribution is -0.142. The van der Waals surface area contributed by atoms with Gasteiger partial charge in [0.15, 0.2) is 5.60 Å². The van der Waals surface area contributed by atoms with Crippen molar-refractivity contribution < 1.29 is 33.0 Å². The maximum atomic E-state index is 14.2. The summed E-state index contributed by atoms with van der Waals surface area (Å²) in [5.41, 5.74) is -6.09. The number of carboxylic acid groups (broad SMARTS) is 1. The van der Waals surface area contributed by atoms with Gasteiger partial charge >= 0.3 is 12.1 Å². The van der Waals surface area contributed by atoms with Gasteiger partial charge in [-0.25, -0.2) is 4.79 Å². The van der Waals surface area contributed by atoms with Gasteiger partial charge < -0.3 is 20.0 Å². The molecule has 1 heterocycles. The van der Waals surface area contributed by atoms with Crippen molar-refractivity contribution in [2.75, 3.05) is 24.5 Å². The van der Waals surface area contributed by atoms with Crippen LogP contribution in [0.2, 0.25) is 10.0 Å².